The first-order chi connectivity index (χ1) is 24.8. The number of para-hydroxylation sites is 2. The van der Waals surface area contributed by atoms with Crippen LogP contribution < -0.4 is 0 Å². The summed E-state index contributed by atoms with van der Waals surface area (Å²) in [4.78, 5) is 0. The van der Waals surface area contributed by atoms with Crippen molar-refractivity contribution >= 4 is 21.8 Å². The maximum atomic E-state index is 2.38. The zero-order chi connectivity index (χ0) is 33.0. The lowest BCUT2D eigenvalue weighted by Crippen LogP contribution is -1.99. The number of nitrogens with zero attached hydrogens (tertiary/aromatic N) is 1. The third-order valence-corrected chi connectivity index (χ3v) is 10.5. The van der Waals surface area contributed by atoms with Gasteiger partial charge in [0.25, 0.3) is 0 Å². The second-order valence-corrected chi connectivity index (χ2v) is 13.2. The molecule has 0 saturated heterocycles. The van der Waals surface area contributed by atoms with Crippen LogP contribution in [0.15, 0.2) is 194 Å². The van der Waals surface area contributed by atoms with Crippen molar-refractivity contribution in [2.45, 2.75) is 5.92 Å². The molecule has 0 fully saturated rings. The first-order valence-electron chi connectivity index (χ1n) is 17.4. The van der Waals surface area contributed by atoms with Crippen molar-refractivity contribution in [1.82, 2.24) is 4.57 Å². The normalized spacial score (nSPS) is 12.3. The van der Waals surface area contributed by atoms with E-state index in [9.17, 15) is 0 Å². The molecule has 1 nitrogen and oxygen atoms in total. The molecule has 0 atom stereocenters. The van der Waals surface area contributed by atoms with E-state index in [-0.39, 0.29) is 5.92 Å². The Hall–Kier alpha value is -6.44. The van der Waals surface area contributed by atoms with E-state index in [4.69, 9.17) is 0 Å². The van der Waals surface area contributed by atoms with Gasteiger partial charge >= 0.3 is 0 Å². The van der Waals surface area contributed by atoms with Crippen molar-refractivity contribution in [3.05, 3.63) is 211 Å². The molecule has 1 aliphatic carbocycles. The van der Waals surface area contributed by atoms with E-state index < -0.39 is 0 Å². The minimum atomic E-state index is 0.248. The molecule has 0 radical (unpaired) electrons. The minimum Gasteiger partial charge on any atom is -0.309 e. The van der Waals surface area contributed by atoms with Crippen LogP contribution in [0.1, 0.15) is 22.6 Å². The lowest BCUT2D eigenvalue weighted by Gasteiger charge is -2.17. The first-order valence-corrected chi connectivity index (χ1v) is 17.4. The summed E-state index contributed by atoms with van der Waals surface area (Å²) in [7, 11) is 0. The molecule has 1 aromatic heterocycles. The van der Waals surface area contributed by atoms with Crippen LogP contribution in [-0.2, 0) is 0 Å². The van der Waals surface area contributed by atoms with Crippen LogP contribution in [0.5, 0.6) is 0 Å². The van der Waals surface area contributed by atoms with Crippen molar-refractivity contribution in [3.8, 4) is 50.2 Å². The number of hydrogen-bond acceptors (Lipinski definition) is 0. The van der Waals surface area contributed by atoms with Gasteiger partial charge in [0.05, 0.1) is 11.0 Å². The maximum absolute atomic E-state index is 2.38. The molecule has 0 unspecified atom stereocenters. The van der Waals surface area contributed by atoms with Gasteiger partial charge in [-0.15, -0.1) is 0 Å². The third kappa shape index (κ3) is 4.48. The molecule has 1 heteroatoms. The van der Waals surface area contributed by atoms with Crippen molar-refractivity contribution < 1.29 is 0 Å². The third-order valence-electron chi connectivity index (χ3n) is 10.5. The van der Waals surface area contributed by atoms with Gasteiger partial charge in [0.1, 0.15) is 0 Å². The minimum absolute atomic E-state index is 0.248. The van der Waals surface area contributed by atoms with E-state index in [1.54, 1.807) is 0 Å². The quantitative estimate of drug-likeness (QED) is 0.177. The summed E-state index contributed by atoms with van der Waals surface area (Å²) < 4.78 is 2.38. The maximum Gasteiger partial charge on any atom is 0.0541 e. The highest BCUT2D eigenvalue weighted by molar-refractivity contribution is 6.09. The van der Waals surface area contributed by atoms with E-state index in [2.05, 4.69) is 199 Å². The van der Waals surface area contributed by atoms with E-state index in [1.807, 2.05) is 0 Å². The van der Waals surface area contributed by atoms with Crippen LogP contribution in [0, 0.1) is 0 Å². The Morgan fingerprint density at radius 1 is 0.300 bits per heavy atom. The fourth-order valence-electron chi connectivity index (χ4n) is 8.30. The molecule has 1 heterocycles. The Balaban J connectivity index is 1.02. The van der Waals surface area contributed by atoms with Gasteiger partial charge in [-0.3, -0.25) is 0 Å². The van der Waals surface area contributed by atoms with Gasteiger partial charge in [0.2, 0.25) is 0 Å². The Morgan fingerprint density at radius 2 is 0.680 bits per heavy atom. The molecule has 0 amide bonds. The van der Waals surface area contributed by atoms with Gasteiger partial charge in [-0.1, -0.05) is 170 Å². The molecular weight excluding hydrogens is 603 g/mol. The van der Waals surface area contributed by atoms with Crippen LogP contribution in [-0.4, -0.2) is 4.57 Å². The molecule has 1 aliphatic rings. The van der Waals surface area contributed by atoms with Gasteiger partial charge < -0.3 is 4.57 Å². The van der Waals surface area contributed by atoms with Crippen molar-refractivity contribution in [1.29, 1.82) is 0 Å². The number of hydrogen-bond donors (Lipinski definition) is 0. The average Bonchev–Trinajstić information content (AvgIpc) is 3.71. The van der Waals surface area contributed by atoms with Crippen LogP contribution >= 0.6 is 0 Å². The van der Waals surface area contributed by atoms with E-state index in [0.717, 1.165) is 5.69 Å². The van der Waals surface area contributed by atoms with Gasteiger partial charge in [-0.25, -0.2) is 0 Å². The Labute approximate surface area is 292 Å². The molecule has 234 valence electrons. The second kappa shape index (κ2) is 11.6. The van der Waals surface area contributed by atoms with Gasteiger partial charge in [-0.2, -0.15) is 0 Å². The molecule has 0 spiro atoms. The van der Waals surface area contributed by atoms with Crippen molar-refractivity contribution in [2.24, 2.45) is 0 Å². The Morgan fingerprint density at radius 3 is 1.18 bits per heavy atom. The topological polar surface area (TPSA) is 4.93 Å². The highest BCUT2D eigenvalue weighted by atomic mass is 15.0. The Bertz CT molecular complexity index is 2590. The summed E-state index contributed by atoms with van der Waals surface area (Å²) in [6.45, 7) is 0. The fraction of sp³-hybridized carbons (Fsp3) is 0.0204. The van der Waals surface area contributed by atoms with Gasteiger partial charge in [-0.05, 0) is 85.5 Å². The molecule has 0 N–H and O–H groups in total. The molecule has 0 aliphatic heterocycles. The average molecular weight is 636 g/mol. The second-order valence-electron chi connectivity index (χ2n) is 13.2. The lowest BCUT2D eigenvalue weighted by molar-refractivity contribution is 1.02. The summed E-state index contributed by atoms with van der Waals surface area (Å²) in [6.07, 6.45) is 0. The largest absolute Gasteiger partial charge is 0.309 e. The SMILES string of the molecule is c1ccc(-c2ccccc2-c2ccc(-n3c4ccccc4c4ccccc43)cc2)c(-c2ccc(C3c4ccccc4-c4ccccc43)cc2)c1. The van der Waals surface area contributed by atoms with Crippen molar-refractivity contribution in [2.75, 3.05) is 0 Å². The smallest absolute Gasteiger partial charge is 0.0541 e. The Kier molecular flexibility index (Phi) is 6.63. The predicted molar refractivity (Wildman–Crippen MR) is 210 cm³/mol. The number of benzene rings is 8. The summed E-state index contributed by atoms with van der Waals surface area (Å²) in [5.74, 6) is 0.248. The lowest BCUT2D eigenvalue weighted by atomic mass is 9.86. The molecule has 10 rings (SSSR count). The van der Waals surface area contributed by atoms with Crippen LogP contribution in [0.25, 0.3) is 72.0 Å². The predicted octanol–water partition coefficient (Wildman–Crippen LogP) is 12.9. The van der Waals surface area contributed by atoms with Crippen LogP contribution in [0.3, 0.4) is 0 Å². The summed E-state index contributed by atoms with van der Waals surface area (Å²) in [5.41, 5.74) is 17.8. The van der Waals surface area contributed by atoms with Gasteiger partial charge in [0.15, 0.2) is 0 Å². The number of aromatic nitrogens is 1. The zero-order valence-electron chi connectivity index (χ0n) is 27.5. The monoisotopic (exact) mass is 635 g/mol. The summed E-state index contributed by atoms with van der Waals surface area (Å²) in [5, 5.41) is 2.56. The highest BCUT2D eigenvalue weighted by Crippen LogP contribution is 2.48. The number of fused-ring (bicyclic) bond motifs is 6. The van der Waals surface area contributed by atoms with Crippen LogP contribution in [0.4, 0.5) is 0 Å². The molecule has 50 heavy (non-hydrogen) atoms. The molecule has 9 aromatic rings. The first kappa shape index (κ1) is 28.6. The fourth-order valence-corrected chi connectivity index (χ4v) is 8.30. The standard InChI is InChI=1S/C49H33N/c1-3-15-39(37(13-1)33-25-27-35(28-26-33)49-45-21-7-5-17-41(45)42-18-6-8-22-46(42)49)40-16-4-2-14-38(40)34-29-31-36(32-30-34)50-47-23-11-9-19-43(47)44-20-10-12-24-48(44)50/h1-32,49H. The van der Waals surface area contributed by atoms with E-state index >= 15 is 0 Å². The van der Waals surface area contributed by atoms with Gasteiger partial charge in [0, 0.05) is 22.4 Å². The van der Waals surface area contributed by atoms with Crippen molar-refractivity contribution in [3.63, 3.8) is 0 Å². The molecular formula is C49H33N. The number of rotatable bonds is 5. The summed E-state index contributed by atoms with van der Waals surface area (Å²) in [6, 6.07) is 71.0. The van der Waals surface area contributed by atoms with E-state index in [1.165, 1.54) is 83.0 Å². The zero-order valence-corrected chi connectivity index (χ0v) is 27.5. The molecule has 8 aromatic carbocycles. The summed E-state index contributed by atoms with van der Waals surface area (Å²) >= 11 is 0. The molecule has 0 saturated carbocycles. The van der Waals surface area contributed by atoms with Crippen LogP contribution in [0.2, 0.25) is 0 Å². The highest BCUT2D eigenvalue weighted by Gasteiger charge is 2.29. The molecule has 0 bridgehead atoms. The van der Waals surface area contributed by atoms with E-state index in [0.29, 0.717) is 0 Å².